The number of hydrogen-bond donors (Lipinski definition) is 3. The topological polar surface area (TPSA) is 103 Å². The smallest absolute Gasteiger partial charge is 0.232 e. The number of β-amino-alcohol motifs (C(OH)–C–C–N with tert-alkyl or cyclic N) is 1. The lowest BCUT2D eigenvalue weighted by molar-refractivity contribution is 0.107. The van der Waals surface area contributed by atoms with Gasteiger partial charge in [0.25, 0.3) is 0 Å². The fraction of sp³-hybridized carbons (Fsp3) is 0.500. The van der Waals surface area contributed by atoms with E-state index in [1.54, 1.807) is 0 Å². The summed E-state index contributed by atoms with van der Waals surface area (Å²) < 4.78 is 0. The predicted molar refractivity (Wildman–Crippen MR) is 102 cm³/mol. The zero-order valence-electron chi connectivity index (χ0n) is 15.2. The van der Waals surface area contributed by atoms with Gasteiger partial charge in [-0.05, 0) is 18.1 Å². The molecule has 0 aliphatic carbocycles. The van der Waals surface area contributed by atoms with Crippen molar-refractivity contribution in [1.29, 1.82) is 0 Å². The van der Waals surface area contributed by atoms with E-state index in [0.29, 0.717) is 18.3 Å². The second kappa shape index (κ2) is 8.88. The number of piperazine rings is 1. The molecule has 4 N–H and O–H groups in total. The highest BCUT2D eigenvalue weighted by Crippen LogP contribution is 2.19. The van der Waals surface area contributed by atoms with Crippen molar-refractivity contribution in [3.63, 3.8) is 0 Å². The van der Waals surface area contributed by atoms with Crippen LogP contribution in [0.2, 0.25) is 0 Å². The first-order chi connectivity index (χ1) is 12.7. The molecule has 1 aliphatic rings. The van der Waals surface area contributed by atoms with Gasteiger partial charge in [0.2, 0.25) is 11.9 Å². The van der Waals surface area contributed by atoms with Crippen LogP contribution in [-0.4, -0.2) is 69.2 Å². The van der Waals surface area contributed by atoms with Gasteiger partial charge in [0, 0.05) is 38.4 Å². The maximum atomic E-state index is 9.04. The van der Waals surface area contributed by atoms with Gasteiger partial charge in [0.05, 0.1) is 13.2 Å². The van der Waals surface area contributed by atoms with Gasteiger partial charge in [-0.15, -0.1) is 0 Å². The number of nitrogens with zero attached hydrogens (tertiary/aromatic N) is 5. The summed E-state index contributed by atoms with van der Waals surface area (Å²) in [4.78, 5) is 17.6. The lowest BCUT2D eigenvalue weighted by Crippen LogP contribution is -2.46. The van der Waals surface area contributed by atoms with Crippen LogP contribution in [0.4, 0.5) is 17.6 Å². The number of para-hydroxylation sites is 1. The summed E-state index contributed by atoms with van der Waals surface area (Å²) in [6, 6.07) is 8.10. The van der Waals surface area contributed by atoms with E-state index < -0.39 is 0 Å². The molecule has 0 unspecified atom stereocenters. The van der Waals surface area contributed by atoms with Crippen molar-refractivity contribution in [1.82, 2.24) is 24.8 Å². The molecule has 1 aromatic carbocycles. The summed E-state index contributed by atoms with van der Waals surface area (Å²) in [5.74, 6) is 1.38. The van der Waals surface area contributed by atoms with Gasteiger partial charge in [0.15, 0.2) is 0 Å². The summed E-state index contributed by atoms with van der Waals surface area (Å²) in [6.45, 7) is 7.43. The van der Waals surface area contributed by atoms with Crippen molar-refractivity contribution in [3.05, 3.63) is 35.7 Å². The van der Waals surface area contributed by atoms with Crippen LogP contribution in [0.15, 0.2) is 24.3 Å². The molecule has 8 nitrogen and oxygen atoms in total. The molecule has 3 rings (SSSR count). The quantitative estimate of drug-likeness (QED) is 0.671. The molecular formula is C18H27N7O. The Labute approximate surface area is 154 Å². The number of nitrogen functional groups attached to an aromatic ring is 1. The minimum Gasteiger partial charge on any atom is -0.395 e. The number of aliphatic hydroxyl groups excluding tert-OH is 1. The van der Waals surface area contributed by atoms with Crippen LogP contribution in [0.3, 0.4) is 0 Å². The predicted octanol–water partition coefficient (Wildman–Crippen LogP) is 0.870. The third kappa shape index (κ3) is 4.87. The highest BCUT2D eigenvalue weighted by atomic mass is 16.3. The standard InChI is InChI=1S/C18H27N7O/c1-2-14-5-3-4-6-15(14)20-18-22-16(21-17(19)23-18)13-25-9-7-24(8-10-25)11-12-26/h3-6,26H,2,7-13H2,1H3,(H3,19,20,21,22,23). The Morgan fingerprint density at radius 3 is 2.54 bits per heavy atom. The van der Waals surface area contributed by atoms with E-state index in [1.165, 1.54) is 5.56 Å². The first kappa shape index (κ1) is 18.5. The van der Waals surface area contributed by atoms with Crippen LogP contribution >= 0.6 is 0 Å². The van der Waals surface area contributed by atoms with Crippen LogP contribution in [0.1, 0.15) is 18.3 Å². The number of benzene rings is 1. The van der Waals surface area contributed by atoms with Crippen molar-refractivity contribution in [2.45, 2.75) is 19.9 Å². The van der Waals surface area contributed by atoms with E-state index in [4.69, 9.17) is 10.8 Å². The van der Waals surface area contributed by atoms with Gasteiger partial charge in [-0.3, -0.25) is 9.80 Å². The Kier molecular flexibility index (Phi) is 6.32. The first-order valence-corrected chi connectivity index (χ1v) is 9.09. The van der Waals surface area contributed by atoms with Gasteiger partial charge >= 0.3 is 0 Å². The summed E-state index contributed by atoms with van der Waals surface area (Å²) in [5, 5.41) is 12.3. The SMILES string of the molecule is CCc1ccccc1Nc1nc(N)nc(CN2CCN(CCO)CC2)n1. The summed E-state index contributed by atoms with van der Waals surface area (Å²) in [6.07, 6.45) is 0.925. The molecule has 140 valence electrons. The number of aryl methyl sites for hydroxylation is 1. The lowest BCUT2D eigenvalue weighted by atomic mass is 10.1. The molecule has 2 heterocycles. The van der Waals surface area contributed by atoms with Crippen LogP contribution in [0.25, 0.3) is 0 Å². The molecule has 0 bridgehead atoms. The molecule has 0 radical (unpaired) electrons. The molecule has 1 aliphatic heterocycles. The van der Waals surface area contributed by atoms with Crippen LogP contribution < -0.4 is 11.1 Å². The molecule has 8 heteroatoms. The van der Waals surface area contributed by atoms with E-state index in [-0.39, 0.29) is 12.6 Å². The summed E-state index contributed by atoms with van der Waals surface area (Å²) in [7, 11) is 0. The normalized spacial score (nSPS) is 15.9. The van der Waals surface area contributed by atoms with Crippen molar-refractivity contribution >= 4 is 17.6 Å². The van der Waals surface area contributed by atoms with Crippen LogP contribution in [0, 0.1) is 0 Å². The Hall–Kier alpha value is -2.29. The average molecular weight is 357 g/mol. The second-order valence-electron chi connectivity index (χ2n) is 6.41. The number of nitrogens with two attached hydrogens (primary N) is 1. The number of aromatic nitrogens is 3. The zero-order valence-corrected chi connectivity index (χ0v) is 15.2. The average Bonchev–Trinajstić information content (AvgIpc) is 2.63. The number of aliphatic hydroxyl groups is 1. The maximum Gasteiger partial charge on any atom is 0.232 e. The summed E-state index contributed by atoms with van der Waals surface area (Å²) >= 11 is 0. The molecule has 0 atom stereocenters. The van der Waals surface area contributed by atoms with E-state index in [0.717, 1.165) is 44.8 Å². The monoisotopic (exact) mass is 357 g/mol. The van der Waals surface area contributed by atoms with Gasteiger partial charge in [-0.1, -0.05) is 25.1 Å². The molecule has 1 aromatic heterocycles. The third-order valence-electron chi connectivity index (χ3n) is 4.59. The van der Waals surface area contributed by atoms with E-state index >= 15 is 0 Å². The van der Waals surface area contributed by atoms with Crippen molar-refractivity contribution in [2.24, 2.45) is 0 Å². The molecule has 0 amide bonds. The van der Waals surface area contributed by atoms with Gasteiger partial charge in [0.1, 0.15) is 5.82 Å². The number of nitrogens with one attached hydrogen (secondary N) is 1. The molecule has 0 spiro atoms. The Morgan fingerprint density at radius 1 is 1.08 bits per heavy atom. The van der Waals surface area contributed by atoms with Crippen LogP contribution in [-0.2, 0) is 13.0 Å². The molecule has 2 aromatic rings. The minimum atomic E-state index is 0.207. The molecule has 1 fully saturated rings. The van der Waals surface area contributed by atoms with Crippen LogP contribution in [0.5, 0.6) is 0 Å². The number of rotatable bonds is 7. The molecule has 0 saturated carbocycles. The highest BCUT2D eigenvalue weighted by molar-refractivity contribution is 5.58. The minimum absolute atomic E-state index is 0.207. The first-order valence-electron chi connectivity index (χ1n) is 9.09. The fourth-order valence-corrected chi connectivity index (χ4v) is 3.15. The Balaban J connectivity index is 1.66. The molecule has 1 saturated heterocycles. The number of hydrogen-bond acceptors (Lipinski definition) is 8. The Morgan fingerprint density at radius 2 is 1.81 bits per heavy atom. The largest absolute Gasteiger partial charge is 0.395 e. The highest BCUT2D eigenvalue weighted by Gasteiger charge is 2.18. The molecular weight excluding hydrogens is 330 g/mol. The lowest BCUT2D eigenvalue weighted by Gasteiger charge is -2.33. The zero-order chi connectivity index (χ0) is 18.4. The van der Waals surface area contributed by atoms with Crippen molar-refractivity contribution < 1.29 is 5.11 Å². The van der Waals surface area contributed by atoms with E-state index in [1.807, 2.05) is 18.2 Å². The van der Waals surface area contributed by atoms with Gasteiger partial charge in [-0.25, -0.2) is 0 Å². The molecule has 26 heavy (non-hydrogen) atoms. The van der Waals surface area contributed by atoms with Gasteiger partial charge < -0.3 is 16.2 Å². The third-order valence-corrected chi connectivity index (χ3v) is 4.59. The van der Waals surface area contributed by atoms with Crippen molar-refractivity contribution in [2.75, 3.05) is 50.4 Å². The van der Waals surface area contributed by atoms with Gasteiger partial charge in [-0.2, -0.15) is 15.0 Å². The summed E-state index contributed by atoms with van der Waals surface area (Å²) in [5.41, 5.74) is 8.09. The van der Waals surface area contributed by atoms with E-state index in [2.05, 4.69) is 43.1 Å². The number of anilines is 3. The Bertz CT molecular complexity index is 716. The maximum absolute atomic E-state index is 9.04. The second-order valence-corrected chi connectivity index (χ2v) is 6.41. The fourth-order valence-electron chi connectivity index (χ4n) is 3.15. The van der Waals surface area contributed by atoms with Crippen molar-refractivity contribution in [3.8, 4) is 0 Å². The van der Waals surface area contributed by atoms with E-state index in [9.17, 15) is 0 Å².